The summed E-state index contributed by atoms with van der Waals surface area (Å²) in [5.74, 6) is 6.53. The van der Waals surface area contributed by atoms with E-state index in [1.54, 1.807) is 10.9 Å². The van der Waals surface area contributed by atoms with Crippen LogP contribution in [0.5, 0.6) is 0 Å². The SMILES string of the molecule is Cn1nccc1CNc1ncnc(NN)c1Br. The van der Waals surface area contributed by atoms with Crippen LogP contribution in [0.25, 0.3) is 0 Å². The fourth-order valence-electron chi connectivity index (χ4n) is 1.34. The number of hydrogen-bond donors (Lipinski definition) is 3. The number of aromatic nitrogens is 4. The number of aryl methyl sites for hydroxylation is 1. The van der Waals surface area contributed by atoms with Gasteiger partial charge in [-0.2, -0.15) is 5.10 Å². The van der Waals surface area contributed by atoms with E-state index in [0.29, 0.717) is 22.7 Å². The van der Waals surface area contributed by atoms with Gasteiger partial charge in [0, 0.05) is 13.2 Å². The Hall–Kier alpha value is -1.67. The molecule has 0 unspecified atom stereocenters. The predicted octanol–water partition coefficient (Wildman–Crippen LogP) is 0.870. The van der Waals surface area contributed by atoms with Crippen molar-refractivity contribution >= 4 is 27.6 Å². The molecule has 90 valence electrons. The van der Waals surface area contributed by atoms with Crippen LogP contribution >= 0.6 is 15.9 Å². The van der Waals surface area contributed by atoms with Crippen LogP contribution in [0.1, 0.15) is 5.69 Å². The molecule has 0 spiro atoms. The van der Waals surface area contributed by atoms with E-state index in [-0.39, 0.29) is 0 Å². The van der Waals surface area contributed by atoms with Crippen molar-refractivity contribution in [1.29, 1.82) is 0 Å². The highest BCUT2D eigenvalue weighted by Gasteiger charge is 2.07. The van der Waals surface area contributed by atoms with E-state index in [0.717, 1.165) is 5.69 Å². The highest BCUT2D eigenvalue weighted by Crippen LogP contribution is 2.25. The van der Waals surface area contributed by atoms with Gasteiger partial charge in [0.25, 0.3) is 0 Å². The molecule has 2 aromatic heterocycles. The van der Waals surface area contributed by atoms with Gasteiger partial charge >= 0.3 is 0 Å². The summed E-state index contributed by atoms with van der Waals surface area (Å²) in [4.78, 5) is 8.09. The van der Waals surface area contributed by atoms with E-state index in [1.807, 2.05) is 13.1 Å². The van der Waals surface area contributed by atoms with Crippen molar-refractivity contribution in [2.24, 2.45) is 12.9 Å². The van der Waals surface area contributed by atoms with Crippen LogP contribution in [0, 0.1) is 0 Å². The molecule has 17 heavy (non-hydrogen) atoms. The Labute approximate surface area is 107 Å². The normalized spacial score (nSPS) is 10.3. The van der Waals surface area contributed by atoms with Gasteiger partial charge in [-0.25, -0.2) is 15.8 Å². The lowest BCUT2D eigenvalue weighted by Crippen LogP contribution is -2.12. The first-order valence-corrected chi connectivity index (χ1v) is 5.69. The number of nitrogens with one attached hydrogen (secondary N) is 2. The maximum absolute atomic E-state index is 5.32. The second-order valence-corrected chi connectivity index (χ2v) is 4.12. The Kier molecular flexibility index (Phi) is 3.55. The summed E-state index contributed by atoms with van der Waals surface area (Å²) in [6.45, 7) is 0.621. The Balaban J connectivity index is 2.12. The molecular formula is C9H12BrN7. The predicted molar refractivity (Wildman–Crippen MR) is 68.1 cm³/mol. The number of nitrogen functional groups attached to an aromatic ring is 1. The number of nitrogens with zero attached hydrogens (tertiary/aromatic N) is 4. The van der Waals surface area contributed by atoms with Crippen LogP contribution in [0.2, 0.25) is 0 Å². The highest BCUT2D eigenvalue weighted by molar-refractivity contribution is 9.10. The van der Waals surface area contributed by atoms with Gasteiger partial charge in [-0.1, -0.05) is 0 Å². The highest BCUT2D eigenvalue weighted by atomic mass is 79.9. The Morgan fingerprint density at radius 1 is 1.41 bits per heavy atom. The third kappa shape index (κ3) is 2.53. The Bertz CT molecular complexity index is 510. The first kappa shape index (κ1) is 11.8. The van der Waals surface area contributed by atoms with E-state index in [4.69, 9.17) is 5.84 Å². The maximum Gasteiger partial charge on any atom is 0.159 e. The summed E-state index contributed by atoms with van der Waals surface area (Å²) < 4.78 is 2.49. The molecule has 0 radical (unpaired) electrons. The van der Waals surface area contributed by atoms with Crippen LogP contribution in [-0.4, -0.2) is 19.7 Å². The van der Waals surface area contributed by atoms with Crippen LogP contribution in [0.3, 0.4) is 0 Å². The van der Waals surface area contributed by atoms with E-state index >= 15 is 0 Å². The van der Waals surface area contributed by atoms with Gasteiger partial charge in [-0.05, 0) is 22.0 Å². The van der Waals surface area contributed by atoms with Crippen LogP contribution in [-0.2, 0) is 13.6 Å². The molecular weight excluding hydrogens is 286 g/mol. The fraction of sp³-hybridized carbons (Fsp3) is 0.222. The largest absolute Gasteiger partial charge is 0.363 e. The van der Waals surface area contributed by atoms with Crippen molar-refractivity contribution < 1.29 is 0 Å². The quantitative estimate of drug-likeness (QED) is 0.573. The van der Waals surface area contributed by atoms with Gasteiger partial charge in [-0.3, -0.25) is 4.68 Å². The van der Waals surface area contributed by atoms with Gasteiger partial charge in [0.2, 0.25) is 0 Å². The number of halogens is 1. The van der Waals surface area contributed by atoms with Crippen molar-refractivity contribution in [3.63, 3.8) is 0 Å². The molecule has 0 bridgehead atoms. The van der Waals surface area contributed by atoms with Crippen molar-refractivity contribution in [1.82, 2.24) is 19.7 Å². The van der Waals surface area contributed by atoms with Gasteiger partial charge in [0.1, 0.15) is 16.6 Å². The molecule has 0 saturated carbocycles. The second-order valence-electron chi connectivity index (χ2n) is 3.33. The Morgan fingerprint density at radius 3 is 2.82 bits per heavy atom. The average Bonchev–Trinajstić information content (AvgIpc) is 2.74. The number of nitrogens with two attached hydrogens (primary N) is 1. The minimum absolute atomic E-state index is 0.535. The van der Waals surface area contributed by atoms with Gasteiger partial charge in [-0.15, -0.1) is 0 Å². The molecule has 0 amide bonds. The fourth-order valence-corrected chi connectivity index (χ4v) is 1.80. The Morgan fingerprint density at radius 2 is 2.18 bits per heavy atom. The van der Waals surface area contributed by atoms with E-state index in [2.05, 4.69) is 41.7 Å². The lowest BCUT2D eigenvalue weighted by molar-refractivity contribution is 0.719. The standard InChI is InChI=1S/C9H12BrN7/c1-17-6(2-3-15-17)4-12-8-7(10)9(16-11)14-5-13-8/h2-3,5H,4,11H2,1H3,(H2,12,13,14,16). The van der Waals surface area contributed by atoms with Crippen LogP contribution in [0.4, 0.5) is 11.6 Å². The molecule has 2 heterocycles. The second kappa shape index (κ2) is 5.11. The van der Waals surface area contributed by atoms with Crippen molar-refractivity contribution in [2.45, 2.75) is 6.54 Å². The summed E-state index contributed by atoms with van der Waals surface area (Å²) in [6.07, 6.45) is 3.18. The molecule has 0 saturated heterocycles. The van der Waals surface area contributed by atoms with E-state index in [1.165, 1.54) is 6.33 Å². The molecule has 4 N–H and O–H groups in total. The molecule has 7 nitrogen and oxygen atoms in total. The zero-order valence-electron chi connectivity index (χ0n) is 9.18. The average molecular weight is 298 g/mol. The van der Waals surface area contributed by atoms with Gasteiger partial charge in [0.05, 0.1) is 12.2 Å². The molecule has 0 aliphatic heterocycles. The molecule has 2 rings (SSSR count). The van der Waals surface area contributed by atoms with Crippen LogP contribution in [0.15, 0.2) is 23.1 Å². The molecule has 8 heteroatoms. The number of rotatable bonds is 4. The molecule has 0 atom stereocenters. The summed E-state index contributed by atoms with van der Waals surface area (Å²) in [6, 6.07) is 1.93. The zero-order valence-corrected chi connectivity index (χ0v) is 10.8. The summed E-state index contributed by atoms with van der Waals surface area (Å²) in [5.41, 5.74) is 3.54. The zero-order chi connectivity index (χ0) is 12.3. The lowest BCUT2D eigenvalue weighted by Gasteiger charge is -2.09. The minimum Gasteiger partial charge on any atom is -0.363 e. The van der Waals surface area contributed by atoms with Gasteiger partial charge < -0.3 is 10.7 Å². The summed E-state index contributed by atoms with van der Waals surface area (Å²) in [7, 11) is 1.89. The van der Waals surface area contributed by atoms with Gasteiger partial charge in [0.15, 0.2) is 5.82 Å². The lowest BCUT2D eigenvalue weighted by atomic mass is 10.4. The van der Waals surface area contributed by atoms with E-state index < -0.39 is 0 Å². The van der Waals surface area contributed by atoms with Crippen molar-refractivity contribution in [3.05, 3.63) is 28.8 Å². The molecule has 0 aromatic carbocycles. The van der Waals surface area contributed by atoms with E-state index in [9.17, 15) is 0 Å². The monoisotopic (exact) mass is 297 g/mol. The van der Waals surface area contributed by atoms with Crippen molar-refractivity contribution in [3.8, 4) is 0 Å². The number of hydrogen-bond acceptors (Lipinski definition) is 6. The third-order valence-electron chi connectivity index (χ3n) is 2.29. The number of anilines is 2. The smallest absolute Gasteiger partial charge is 0.159 e. The maximum atomic E-state index is 5.32. The summed E-state index contributed by atoms with van der Waals surface area (Å²) in [5, 5.41) is 7.26. The summed E-state index contributed by atoms with van der Waals surface area (Å²) >= 11 is 3.37. The third-order valence-corrected chi connectivity index (χ3v) is 3.04. The molecule has 0 aliphatic rings. The molecule has 2 aromatic rings. The molecule has 0 aliphatic carbocycles. The first-order chi connectivity index (χ1) is 8.22. The minimum atomic E-state index is 0.535. The first-order valence-electron chi connectivity index (χ1n) is 4.90. The van der Waals surface area contributed by atoms with Crippen LogP contribution < -0.4 is 16.6 Å². The van der Waals surface area contributed by atoms with Crippen molar-refractivity contribution in [2.75, 3.05) is 10.7 Å². The number of hydrazine groups is 1. The topological polar surface area (TPSA) is 93.7 Å². The molecule has 0 fully saturated rings.